The number of nitrogen functional groups attached to an aromatic ring is 1. The molecule has 0 atom stereocenters. The fourth-order valence-electron chi connectivity index (χ4n) is 3.24. The van der Waals surface area contributed by atoms with Gasteiger partial charge < -0.3 is 21.2 Å². The molecule has 2 aromatic rings. The third-order valence-corrected chi connectivity index (χ3v) is 5.04. The van der Waals surface area contributed by atoms with Crippen LogP contribution in [0.1, 0.15) is 55.4 Å². The first kappa shape index (κ1) is 21.6. The highest BCUT2D eigenvalue weighted by atomic mass is 16.5. The molecule has 0 radical (unpaired) electrons. The summed E-state index contributed by atoms with van der Waals surface area (Å²) in [5.74, 6) is 7.17. The fraction of sp³-hybridized carbons (Fsp3) is 0.391. The van der Waals surface area contributed by atoms with Gasteiger partial charge in [0.15, 0.2) is 11.6 Å². The van der Waals surface area contributed by atoms with E-state index < -0.39 is 0 Å². The third kappa shape index (κ3) is 5.73. The van der Waals surface area contributed by atoms with Gasteiger partial charge in [-0.05, 0) is 61.2 Å². The molecule has 1 saturated heterocycles. The van der Waals surface area contributed by atoms with Crippen molar-refractivity contribution in [2.75, 3.05) is 24.2 Å². The van der Waals surface area contributed by atoms with E-state index in [1.165, 1.54) is 10.2 Å². The summed E-state index contributed by atoms with van der Waals surface area (Å²) < 4.78 is 7.20. The van der Waals surface area contributed by atoms with Gasteiger partial charge in [0.1, 0.15) is 11.9 Å². The van der Waals surface area contributed by atoms with Crippen molar-refractivity contribution in [2.45, 2.75) is 45.1 Å². The number of nitrogens with one attached hydrogen (secondary N) is 2. The maximum absolute atomic E-state index is 12.5. The SMILES string of the molecule is C=C(/C=C\c1nc(NC(=O)c2ccc(C(C)(C)C)cc2)cn1N)OC1CCNCC1. The molecule has 160 valence electrons. The van der Waals surface area contributed by atoms with Crippen LogP contribution >= 0.6 is 0 Å². The average molecular weight is 410 g/mol. The van der Waals surface area contributed by atoms with Crippen molar-refractivity contribution in [3.8, 4) is 0 Å². The van der Waals surface area contributed by atoms with Crippen molar-refractivity contribution in [3.63, 3.8) is 0 Å². The van der Waals surface area contributed by atoms with E-state index in [0.29, 0.717) is 23.0 Å². The van der Waals surface area contributed by atoms with Gasteiger partial charge >= 0.3 is 0 Å². The minimum absolute atomic E-state index is 0.0379. The van der Waals surface area contributed by atoms with Crippen molar-refractivity contribution in [1.82, 2.24) is 15.0 Å². The van der Waals surface area contributed by atoms with E-state index in [-0.39, 0.29) is 17.4 Å². The lowest BCUT2D eigenvalue weighted by molar-refractivity contribution is 0.0970. The number of amides is 1. The Kier molecular flexibility index (Phi) is 6.62. The Morgan fingerprint density at radius 2 is 1.97 bits per heavy atom. The number of hydrogen-bond acceptors (Lipinski definition) is 5. The first-order chi connectivity index (χ1) is 14.2. The van der Waals surface area contributed by atoms with Crippen LogP contribution in [0.3, 0.4) is 0 Å². The minimum atomic E-state index is -0.234. The fourth-order valence-corrected chi connectivity index (χ4v) is 3.24. The molecule has 0 saturated carbocycles. The van der Waals surface area contributed by atoms with Crippen molar-refractivity contribution < 1.29 is 9.53 Å². The predicted octanol–water partition coefficient (Wildman–Crippen LogP) is 3.44. The van der Waals surface area contributed by atoms with Crippen LogP contribution < -0.4 is 16.5 Å². The van der Waals surface area contributed by atoms with Crippen LogP contribution in [-0.2, 0) is 10.2 Å². The van der Waals surface area contributed by atoms with Crippen LogP contribution in [0.25, 0.3) is 6.08 Å². The number of imidazole rings is 1. The Labute approximate surface area is 178 Å². The van der Waals surface area contributed by atoms with E-state index in [2.05, 4.69) is 43.0 Å². The number of allylic oxidation sites excluding steroid dienone is 1. The Bertz CT molecular complexity index is 916. The van der Waals surface area contributed by atoms with Gasteiger partial charge in [-0.3, -0.25) is 4.79 Å². The highest BCUT2D eigenvalue weighted by Gasteiger charge is 2.16. The number of aromatic nitrogens is 2. The topological polar surface area (TPSA) is 94.2 Å². The summed E-state index contributed by atoms with van der Waals surface area (Å²) in [6.07, 6.45) is 7.14. The zero-order valence-corrected chi connectivity index (χ0v) is 17.9. The monoisotopic (exact) mass is 409 g/mol. The zero-order valence-electron chi connectivity index (χ0n) is 17.9. The van der Waals surface area contributed by atoms with E-state index in [4.69, 9.17) is 10.6 Å². The van der Waals surface area contributed by atoms with Gasteiger partial charge in [-0.15, -0.1) is 0 Å². The number of hydrogen-bond donors (Lipinski definition) is 3. The summed E-state index contributed by atoms with van der Waals surface area (Å²) in [6.45, 7) is 12.3. The number of piperidine rings is 1. The molecule has 1 aromatic heterocycles. The number of ether oxygens (including phenoxy) is 1. The lowest BCUT2D eigenvalue weighted by Gasteiger charge is -2.23. The maximum atomic E-state index is 12.5. The summed E-state index contributed by atoms with van der Waals surface area (Å²) in [6, 6.07) is 7.58. The molecule has 0 spiro atoms. The highest BCUT2D eigenvalue weighted by Crippen LogP contribution is 2.22. The molecule has 7 nitrogen and oxygen atoms in total. The number of anilines is 1. The smallest absolute Gasteiger partial charge is 0.256 e. The summed E-state index contributed by atoms with van der Waals surface area (Å²) >= 11 is 0. The molecular formula is C23H31N5O2. The van der Waals surface area contributed by atoms with Gasteiger partial charge in [-0.25, -0.2) is 9.66 Å². The molecule has 1 aliphatic heterocycles. The summed E-state index contributed by atoms with van der Waals surface area (Å²) in [5, 5.41) is 6.09. The maximum Gasteiger partial charge on any atom is 0.256 e. The van der Waals surface area contributed by atoms with Crippen molar-refractivity contribution in [2.24, 2.45) is 0 Å². The average Bonchev–Trinajstić information content (AvgIpc) is 3.05. The molecule has 0 aliphatic carbocycles. The normalized spacial score (nSPS) is 15.3. The molecule has 1 aliphatic rings. The van der Waals surface area contributed by atoms with E-state index in [0.717, 1.165) is 25.9 Å². The molecule has 30 heavy (non-hydrogen) atoms. The van der Waals surface area contributed by atoms with Crippen LogP contribution in [0.4, 0.5) is 5.82 Å². The van der Waals surface area contributed by atoms with Crippen molar-refractivity contribution in [3.05, 3.63) is 65.8 Å². The van der Waals surface area contributed by atoms with Gasteiger partial charge in [0.2, 0.25) is 0 Å². The minimum Gasteiger partial charge on any atom is -0.491 e. The van der Waals surface area contributed by atoms with E-state index in [1.54, 1.807) is 18.3 Å². The molecule has 4 N–H and O–H groups in total. The number of carbonyl (C=O) groups excluding carboxylic acids is 1. The van der Waals surface area contributed by atoms with Crippen LogP contribution in [-0.4, -0.2) is 34.8 Å². The number of carbonyl (C=O) groups is 1. The Hall–Kier alpha value is -3.06. The lowest BCUT2D eigenvalue weighted by atomic mass is 9.87. The summed E-state index contributed by atoms with van der Waals surface area (Å²) in [7, 11) is 0. The van der Waals surface area contributed by atoms with Crippen LogP contribution in [0, 0.1) is 0 Å². The van der Waals surface area contributed by atoms with Crippen LogP contribution in [0.2, 0.25) is 0 Å². The molecule has 1 fully saturated rings. The number of nitrogens with two attached hydrogens (primary N) is 1. The summed E-state index contributed by atoms with van der Waals surface area (Å²) in [4.78, 5) is 16.9. The zero-order chi connectivity index (χ0) is 21.7. The van der Waals surface area contributed by atoms with E-state index >= 15 is 0 Å². The van der Waals surface area contributed by atoms with E-state index in [1.807, 2.05) is 24.3 Å². The molecule has 2 heterocycles. The molecule has 1 aromatic carbocycles. The predicted molar refractivity (Wildman–Crippen MR) is 121 cm³/mol. The quantitative estimate of drug-likeness (QED) is 0.386. The van der Waals surface area contributed by atoms with Gasteiger partial charge in [0, 0.05) is 5.56 Å². The van der Waals surface area contributed by atoms with Crippen LogP contribution in [0.5, 0.6) is 0 Å². The van der Waals surface area contributed by atoms with Crippen LogP contribution in [0.15, 0.2) is 48.9 Å². The standard InChI is InChI=1S/C23H31N5O2/c1-16(30-19-11-13-25-14-12-19)5-10-21-26-20(15-28(21)24)27-22(29)17-6-8-18(9-7-17)23(2,3)4/h5-10,15,19,25H,1,11-14,24H2,2-4H3,(H,27,29)/b10-5-. The summed E-state index contributed by atoms with van der Waals surface area (Å²) in [5.41, 5.74) is 1.77. The van der Waals surface area contributed by atoms with Gasteiger partial charge in [-0.1, -0.05) is 39.5 Å². The number of nitrogens with zero attached hydrogens (tertiary/aromatic N) is 2. The molecular weight excluding hydrogens is 378 g/mol. The number of rotatable bonds is 6. The number of benzene rings is 1. The van der Waals surface area contributed by atoms with Crippen molar-refractivity contribution >= 4 is 17.8 Å². The van der Waals surface area contributed by atoms with E-state index in [9.17, 15) is 4.79 Å². The lowest BCUT2D eigenvalue weighted by Crippen LogP contribution is -2.32. The largest absolute Gasteiger partial charge is 0.491 e. The third-order valence-electron chi connectivity index (χ3n) is 5.04. The van der Waals surface area contributed by atoms with Gasteiger partial charge in [0.05, 0.1) is 6.20 Å². The second-order valence-electron chi connectivity index (χ2n) is 8.54. The van der Waals surface area contributed by atoms with Gasteiger partial charge in [-0.2, -0.15) is 0 Å². The first-order valence-electron chi connectivity index (χ1n) is 10.2. The molecule has 7 heteroatoms. The molecule has 0 bridgehead atoms. The first-order valence-corrected chi connectivity index (χ1v) is 10.2. The Morgan fingerprint density at radius 1 is 1.30 bits per heavy atom. The highest BCUT2D eigenvalue weighted by molar-refractivity contribution is 6.03. The second-order valence-corrected chi connectivity index (χ2v) is 8.54. The Morgan fingerprint density at radius 3 is 2.60 bits per heavy atom. The molecule has 3 rings (SSSR count). The second kappa shape index (κ2) is 9.17. The molecule has 0 unspecified atom stereocenters. The van der Waals surface area contributed by atoms with Crippen molar-refractivity contribution in [1.29, 1.82) is 0 Å². The Balaban J connectivity index is 1.59. The van der Waals surface area contributed by atoms with Gasteiger partial charge in [0.25, 0.3) is 5.91 Å². The molecule has 1 amide bonds.